The van der Waals surface area contributed by atoms with Crippen LogP contribution in [0.2, 0.25) is 0 Å². The van der Waals surface area contributed by atoms with E-state index in [-0.39, 0.29) is 0 Å². The lowest BCUT2D eigenvalue weighted by Gasteiger charge is -2.08. The highest BCUT2D eigenvalue weighted by molar-refractivity contribution is 7.99. The third-order valence-corrected chi connectivity index (χ3v) is 4.30. The zero-order valence-corrected chi connectivity index (χ0v) is 11.5. The summed E-state index contributed by atoms with van der Waals surface area (Å²) >= 11 is 1.55. The number of hydrogen-bond acceptors (Lipinski definition) is 5. The molecule has 1 aromatic carbocycles. The number of anilines is 1. The van der Waals surface area contributed by atoms with Crippen LogP contribution in [-0.2, 0) is 12.8 Å². The number of nitrogens with zero attached hydrogens (tertiary/aromatic N) is 2. The highest BCUT2D eigenvalue weighted by atomic mass is 32.2. The Morgan fingerprint density at radius 1 is 1.21 bits per heavy atom. The Hall–Kier alpha value is -1.75. The highest BCUT2D eigenvalue weighted by Crippen LogP contribution is 2.35. The molecule has 2 N–H and O–H groups in total. The lowest BCUT2D eigenvalue weighted by atomic mass is 10.1. The van der Waals surface area contributed by atoms with Crippen molar-refractivity contribution in [3.8, 4) is 5.88 Å². The number of hydrogen-bond donors (Lipinski definition) is 1. The number of nitrogens with two attached hydrogens (primary N) is 1. The number of nitrogen functional groups attached to an aromatic ring is 1. The number of aryl methyl sites for hydroxylation is 2. The number of methoxy groups -OCH3 is 1. The maximum atomic E-state index is 5.98. The fourth-order valence-electron chi connectivity index (χ4n) is 2.33. The van der Waals surface area contributed by atoms with Gasteiger partial charge in [-0.25, -0.2) is 4.98 Å². The molecular formula is C14H15N3OS. The Bertz CT molecular complexity index is 616. The monoisotopic (exact) mass is 273 g/mol. The Morgan fingerprint density at radius 2 is 2.05 bits per heavy atom. The molecule has 0 unspecified atom stereocenters. The number of benzene rings is 1. The molecule has 5 heteroatoms. The van der Waals surface area contributed by atoms with E-state index in [1.165, 1.54) is 36.7 Å². The summed E-state index contributed by atoms with van der Waals surface area (Å²) in [6, 6.07) is 6.57. The van der Waals surface area contributed by atoms with Gasteiger partial charge in [0.05, 0.1) is 7.11 Å². The van der Waals surface area contributed by atoms with Gasteiger partial charge in [-0.05, 0) is 42.5 Å². The van der Waals surface area contributed by atoms with Crippen molar-refractivity contribution < 1.29 is 4.74 Å². The van der Waals surface area contributed by atoms with Gasteiger partial charge in [-0.1, -0.05) is 17.8 Å². The number of ether oxygens (including phenoxy) is 1. The molecule has 0 saturated carbocycles. The quantitative estimate of drug-likeness (QED) is 0.871. The van der Waals surface area contributed by atoms with Crippen molar-refractivity contribution in [3.63, 3.8) is 0 Å². The van der Waals surface area contributed by atoms with Crippen LogP contribution in [0.5, 0.6) is 5.88 Å². The maximum Gasteiger partial charge on any atom is 0.241 e. The van der Waals surface area contributed by atoms with Gasteiger partial charge in [0.2, 0.25) is 5.88 Å². The minimum atomic E-state index is 0.429. The van der Waals surface area contributed by atoms with Gasteiger partial charge in [0.1, 0.15) is 17.0 Å². The average Bonchev–Trinajstić information content (AvgIpc) is 2.88. The summed E-state index contributed by atoms with van der Waals surface area (Å²) in [7, 11) is 1.56. The van der Waals surface area contributed by atoms with Crippen LogP contribution in [0.25, 0.3) is 0 Å². The molecule has 0 aliphatic heterocycles. The minimum absolute atomic E-state index is 0.429. The first-order valence-electron chi connectivity index (χ1n) is 6.22. The molecule has 0 fully saturated rings. The Kier molecular flexibility index (Phi) is 3.29. The second-order valence-corrected chi connectivity index (χ2v) is 5.55. The van der Waals surface area contributed by atoms with Crippen LogP contribution in [0.15, 0.2) is 34.4 Å². The van der Waals surface area contributed by atoms with E-state index in [4.69, 9.17) is 10.5 Å². The summed E-state index contributed by atoms with van der Waals surface area (Å²) in [5, 5.41) is 0.741. The Morgan fingerprint density at radius 3 is 2.89 bits per heavy atom. The topological polar surface area (TPSA) is 61.0 Å². The predicted octanol–water partition coefficient (Wildman–Crippen LogP) is 2.71. The van der Waals surface area contributed by atoms with E-state index in [2.05, 4.69) is 28.2 Å². The van der Waals surface area contributed by atoms with E-state index in [9.17, 15) is 0 Å². The van der Waals surface area contributed by atoms with E-state index in [1.54, 1.807) is 18.9 Å². The Labute approximate surface area is 116 Å². The van der Waals surface area contributed by atoms with E-state index < -0.39 is 0 Å². The van der Waals surface area contributed by atoms with Gasteiger partial charge in [0.25, 0.3) is 0 Å². The van der Waals surface area contributed by atoms with Crippen molar-refractivity contribution >= 4 is 17.4 Å². The third-order valence-electron chi connectivity index (χ3n) is 3.29. The highest BCUT2D eigenvalue weighted by Gasteiger charge is 2.13. The van der Waals surface area contributed by atoms with Crippen molar-refractivity contribution in [2.45, 2.75) is 29.2 Å². The predicted molar refractivity (Wildman–Crippen MR) is 75.6 cm³/mol. The van der Waals surface area contributed by atoms with Crippen LogP contribution in [0.4, 0.5) is 5.69 Å². The van der Waals surface area contributed by atoms with Crippen LogP contribution >= 0.6 is 11.8 Å². The summed E-state index contributed by atoms with van der Waals surface area (Å²) in [5.74, 6) is 0.429. The van der Waals surface area contributed by atoms with E-state index in [0.29, 0.717) is 11.6 Å². The second-order valence-electron chi connectivity index (χ2n) is 4.49. The molecule has 1 heterocycles. The first-order chi connectivity index (χ1) is 9.28. The Balaban J connectivity index is 1.89. The summed E-state index contributed by atoms with van der Waals surface area (Å²) < 4.78 is 5.11. The maximum absolute atomic E-state index is 5.98. The molecule has 4 nitrogen and oxygen atoms in total. The molecule has 1 aliphatic carbocycles. The third kappa shape index (κ3) is 2.38. The summed E-state index contributed by atoms with van der Waals surface area (Å²) in [6.45, 7) is 0. The van der Waals surface area contributed by atoms with Gasteiger partial charge < -0.3 is 10.5 Å². The van der Waals surface area contributed by atoms with Gasteiger partial charge in [0.15, 0.2) is 0 Å². The van der Waals surface area contributed by atoms with Gasteiger partial charge in [-0.2, -0.15) is 4.98 Å². The van der Waals surface area contributed by atoms with Gasteiger partial charge in [-0.15, -0.1) is 0 Å². The first-order valence-corrected chi connectivity index (χ1v) is 7.03. The average molecular weight is 273 g/mol. The number of rotatable bonds is 3. The zero-order chi connectivity index (χ0) is 13.2. The summed E-state index contributed by atoms with van der Waals surface area (Å²) in [5.41, 5.74) is 9.40. The molecule has 0 spiro atoms. The lowest BCUT2D eigenvalue weighted by molar-refractivity contribution is 0.397. The lowest BCUT2D eigenvalue weighted by Crippen LogP contribution is -1.99. The van der Waals surface area contributed by atoms with E-state index >= 15 is 0 Å². The van der Waals surface area contributed by atoms with Crippen LogP contribution in [-0.4, -0.2) is 17.1 Å². The standard InChI is InChI=1S/C14H15N3OS/c1-18-13-12(15)14(17-8-16-13)19-11-6-5-9-3-2-4-10(9)7-11/h5-8H,2-4,15H2,1H3. The summed E-state index contributed by atoms with van der Waals surface area (Å²) in [6.07, 6.45) is 5.11. The molecular weight excluding hydrogens is 258 g/mol. The second kappa shape index (κ2) is 5.09. The molecule has 0 bridgehead atoms. The minimum Gasteiger partial charge on any atom is -0.479 e. The molecule has 0 radical (unpaired) electrons. The molecule has 1 aromatic heterocycles. The van der Waals surface area contributed by atoms with Crippen molar-refractivity contribution in [1.82, 2.24) is 9.97 Å². The normalized spacial score (nSPS) is 13.3. The largest absolute Gasteiger partial charge is 0.479 e. The molecule has 2 aromatic rings. The molecule has 3 rings (SSSR count). The van der Waals surface area contributed by atoms with E-state index in [0.717, 1.165) is 9.92 Å². The van der Waals surface area contributed by atoms with Crippen molar-refractivity contribution in [3.05, 3.63) is 35.7 Å². The fourth-order valence-corrected chi connectivity index (χ4v) is 3.19. The first kappa shape index (κ1) is 12.3. The zero-order valence-electron chi connectivity index (χ0n) is 10.7. The molecule has 0 amide bonds. The number of fused-ring (bicyclic) bond motifs is 1. The van der Waals surface area contributed by atoms with Crippen LogP contribution in [0.3, 0.4) is 0 Å². The van der Waals surface area contributed by atoms with Crippen molar-refractivity contribution in [2.24, 2.45) is 0 Å². The summed E-state index contributed by atoms with van der Waals surface area (Å²) in [4.78, 5) is 9.37. The van der Waals surface area contributed by atoms with Gasteiger partial charge >= 0.3 is 0 Å². The van der Waals surface area contributed by atoms with Crippen LogP contribution in [0, 0.1) is 0 Å². The molecule has 19 heavy (non-hydrogen) atoms. The fraction of sp³-hybridized carbons (Fsp3) is 0.286. The van der Waals surface area contributed by atoms with Crippen molar-refractivity contribution in [2.75, 3.05) is 12.8 Å². The molecule has 0 atom stereocenters. The molecule has 1 aliphatic rings. The molecule has 0 saturated heterocycles. The smallest absolute Gasteiger partial charge is 0.241 e. The SMILES string of the molecule is COc1ncnc(Sc2ccc3c(c2)CCC3)c1N. The van der Waals surface area contributed by atoms with Crippen molar-refractivity contribution in [1.29, 1.82) is 0 Å². The van der Waals surface area contributed by atoms with Gasteiger partial charge in [0, 0.05) is 4.90 Å². The van der Waals surface area contributed by atoms with Crippen LogP contribution < -0.4 is 10.5 Å². The van der Waals surface area contributed by atoms with Crippen LogP contribution in [0.1, 0.15) is 17.5 Å². The molecule has 98 valence electrons. The number of aromatic nitrogens is 2. The van der Waals surface area contributed by atoms with Gasteiger partial charge in [-0.3, -0.25) is 0 Å². The van der Waals surface area contributed by atoms with E-state index in [1.807, 2.05) is 0 Å².